The Bertz CT molecular complexity index is 811. The quantitative estimate of drug-likeness (QED) is 0.613. The number of benzene rings is 1. The van der Waals surface area contributed by atoms with E-state index in [2.05, 4.69) is 5.32 Å². The maximum Gasteiger partial charge on any atom is 0.250 e. The minimum absolute atomic E-state index is 0.0159. The molecule has 0 radical (unpaired) electrons. The van der Waals surface area contributed by atoms with Crippen molar-refractivity contribution in [2.24, 2.45) is 5.73 Å². The molecule has 0 spiro atoms. The van der Waals surface area contributed by atoms with E-state index in [4.69, 9.17) is 11.1 Å². The maximum atomic E-state index is 14.0. The third-order valence-electron chi connectivity index (χ3n) is 4.60. The summed E-state index contributed by atoms with van der Waals surface area (Å²) in [5.41, 5.74) is 6.84. The van der Waals surface area contributed by atoms with E-state index in [1.54, 1.807) is 5.32 Å². The number of carbonyl (C=O) groups excluding carboxylic acids is 1. The Hall–Kier alpha value is -2.64. The number of amides is 1. The first-order valence-electron chi connectivity index (χ1n) is 8.42. The van der Waals surface area contributed by atoms with Gasteiger partial charge in [0.1, 0.15) is 23.9 Å². The molecule has 3 rings (SSSR count). The van der Waals surface area contributed by atoms with Crippen molar-refractivity contribution in [1.82, 2.24) is 5.32 Å². The lowest BCUT2D eigenvalue weighted by Gasteiger charge is -2.25. The Morgan fingerprint density at radius 1 is 1.27 bits per heavy atom. The van der Waals surface area contributed by atoms with Crippen molar-refractivity contribution < 1.29 is 18.9 Å². The van der Waals surface area contributed by atoms with Crippen LogP contribution < -0.4 is 16.4 Å². The second kappa shape index (κ2) is 7.72. The average molecular weight is 359 g/mol. The van der Waals surface area contributed by atoms with Crippen LogP contribution in [0.2, 0.25) is 0 Å². The molecule has 6 N–H and O–H groups in total. The molecule has 5 nitrogen and oxygen atoms in total. The van der Waals surface area contributed by atoms with Crippen molar-refractivity contribution in [2.45, 2.75) is 18.5 Å². The number of halogens is 2. The number of quaternary nitrogens is 1. The smallest absolute Gasteiger partial charge is 0.250 e. The van der Waals surface area contributed by atoms with Crippen LogP contribution in [-0.2, 0) is 4.79 Å². The van der Waals surface area contributed by atoms with Gasteiger partial charge in [0, 0.05) is 13.1 Å². The summed E-state index contributed by atoms with van der Waals surface area (Å²) in [6.07, 6.45) is 3.48. The number of hydrogen-bond donors (Lipinski definition) is 4. The third kappa shape index (κ3) is 3.95. The fourth-order valence-corrected chi connectivity index (χ4v) is 3.16. The number of primary amides is 1. The molecular formula is C19H21F2N4O+. The van der Waals surface area contributed by atoms with Gasteiger partial charge in [-0.3, -0.25) is 15.5 Å². The van der Waals surface area contributed by atoms with Crippen molar-refractivity contribution in [3.8, 4) is 0 Å². The molecule has 1 aliphatic carbocycles. The summed E-state index contributed by atoms with van der Waals surface area (Å²) >= 11 is 0. The molecule has 1 aliphatic heterocycles. The zero-order valence-corrected chi connectivity index (χ0v) is 14.1. The Labute approximate surface area is 150 Å². The lowest BCUT2D eigenvalue weighted by Crippen LogP contribution is -2.71. The lowest BCUT2D eigenvalue weighted by atomic mass is 9.91. The zero-order chi connectivity index (χ0) is 18.7. The normalized spacial score (nSPS) is 25.0. The van der Waals surface area contributed by atoms with E-state index in [1.807, 2.05) is 24.3 Å². The van der Waals surface area contributed by atoms with E-state index in [0.29, 0.717) is 13.0 Å². The van der Waals surface area contributed by atoms with Crippen LogP contribution in [0.15, 0.2) is 59.6 Å². The van der Waals surface area contributed by atoms with Gasteiger partial charge >= 0.3 is 0 Å². The van der Waals surface area contributed by atoms with Crippen molar-refractivity contribution >= 4 is 17.3 Å². The van der Waals surface area contributed by atoms with Gasteiger partial charge in [0.05, 0.1) is 16.9 Å². The number of alkyl halides is 1. The van der Waals surface area contributed by atoms with Crippen LogP contribution in [0.25, 0.3) is 0 Å². The minimum atomic E-state index is -0.829. The van der Waals surface area contributed by atoms with E-state index in [0.717, 1.165) is 23.9 Å². The molecule has 2 atom stereocenters. The van der Waals surface area contributed by atoms with Gasteiger partial charge in [0.2, 0.25) is 0 Å². The van der Waals surface area contributed by atoms with Crippen LogP contribution in [0.3, 0.4) is 0 Å². The SMILES string of the molecule is N=C1C(C(N)=O)=CC=C(F)C1=C[NH2+]c1ccc(C2CNCC(F)C2)cc1. The number of carbonyl (C=O) groups is 1. The number of nitrogens with two attached hydrogens (primary N) is 2. The molecule has 1 fully saturated rings. The lowest BCUT2D eigenvalue weighted by molar-refractivity contribution is -0.496. The number of rotatable bonds is 4. The van der Waals surface area contributed by atoms with Crippen molar-refractivity contribution in [3.05, 3.63) is 65.2 Å². The monoisotopic (exact) mass is 359 g/mol. The van der Waals surface area contributed by atoms with Crippen LogP contribution in [0.4, 0.5) is 14.5 Å². The first-order valence-corrected chi connectivity index (χ1v) is 8.42. The Morgan fingerprint density at radius 2 is 2.00 bits per heavy atom. The fourth-order valence-electron chi connectivity index (χ4n) is 3.16. The first-order chi connectivity index (χ1) is 12.5. The highest BCUT2D eigenvalue weighted by atomic mass is 19.1. The van der Waals surface area contributed by atoms with Crippen LogP contribution in [0.1, 0.15) is 17.9 Å². The average Bonchev–Trinajstić information content (AvgIpc) is 2.62. The predicted octanol–water partition coefficient (Wildman–Crippen LogP) is 1.48. The maximum absolute atomic E-state index is 14.0. The Morgan fingerprint density at radius 3 is 2.65 bits per heavy atom. The molecular weight excluding hydrogens is 338 g/mol. The number of piperidine rings is 1. The summed E-state index contributed by atoms with van der Waals surface area (Å²) in [5.74, 6) is -1.21. The van der Waals surface area contributed by atoms with E-state index >= 15 is 0 Å². The topological polar surface area (TPSA) is 95.6 Å². The summed E-state index contributed by atoms with van der Waals surface area (Å²) in [6.45, 7) is 1.16. The molecule has 1 amide bonds. The molecule has 2 unspecified atom stereocenters. The van der Waals surface area contributed by atoms with Gasteiger partial charge in [-0.1, -0.05) is 12.1 Å². The highest BCUT2D eigenvalue weighted by Crippen LogP contribution is 2.25. The summed E-state index contributed by atoms with van der Waals surface area (Å²) in [4.78, 5) is 11.3. The van der Waals surface area contributed by atoms with E-state index in [-0.39, 0.29) is 22.8 Å². The fraction of sp³-hybridized carbons (Fsp3) is 0.263. The predicted molar refractivity (Wildman–Crippen MR) is 95.4 cm³/mol. The van der Waals surface area contributed by atoms with Gasteiger partial charge in [0.15, 0.2) is 0 Å². The highest BCUT2D eigenvalue weighted by molar-refractivity contribution is 6.28. The van der Waals surface area contributed by atoms with E-state index in [9.17, 15) is 13.6 Å². The summed E-state index contributed by atoms with van der Waals surface area (Å²) in [7, 11) is 0. The molecule has 136 valence electrons. The second-order valence-corrected chi connectivity index (χ2v) is 6.44. The molecule has 7 heteroatoms. The minimum Gasteiger partial charge on any atom is -0.366 e. The number of hydrogen-bond acceptors (Lipinski definition) is 3. The van der Waals surface area contributed by atoms with Gasteiger partial charge in [-0.15, -0.1) is 0 Å². The second-order valence-electron chi connectivity index (χ2n) is 6.44. The summed E-state index contributed by atoms with van der Waals surface area (Å²) in [6, 6.07) is 7.60. The first kappa shape index (κ1) is 18.2. The molecule has 1 saturated heterocycles. The van der Waals surface area contributed by atoms with Crippen LogP contribution in [0, 0.1) is 5.41 Å². The molecule has 1 aromatic rings. The van der Waals surface area contributed by atoms with Gasteiger partial charge < -0.3 is 11.1 Å². The summed E-state index contributed by atoms with van der Waals surface area (Å²) in [5, 5.41) is 12.7. The standard InChI is InChI=1S/C19H20F2N4O/c20-13-7-12(8-24-9-13)11-1-3-14(4-2-11)25-10-16-17(21)6-5-15(18(16)22)19(23)26/h1-6,10,12-13,22,24-25H,7-9H2,(H2,23,26)/p+1. The van der Waals surface area contributed by atoms with Gasteiger partial charge in [-0.25, -0.2) is 8.78 Å². The van der Waals surface area contributed by atoms with Crippen LogP contribution in [0.5, 0.6) is 0 Å². The molecule has 0 bridgehead atoms. The molecule has 0 aromatic heterocycles. The Balaban J connectivity index is 1.70. The van der Waals surface area contributed by atoms with E-state index < -0.39 is 17.9 Å². The van der Waals surface area contributed by atoms with Gasteiger partial charge in [0.25, 0.3) is 5.91 Å². The van der Waals surface area contributed by atoms with Gasteiger partial charge in [-0.2, -0.15) is 0 Å². The van der Waals surface area contributed by atoms with Crippen molar-refractivity contribution in [1.29, 1.82) is 5.41 Å². The number of allylic oxidation sites excluding steroid dienone is 4. The van der Waals surface area contributed by atoms with E-state index in [1.165, 1.54) is 12.3 Å². The molecule has 26 heavy (non-hydrogen) atoms. The molecule has 2 aliphatic rings. The van der Waals surface area contributed by atoms with Crippen molar-refractivity contribution in [3.63, 3.8) is 0 Å². The molecule has 1 aromatic carbocycles. The highest BCUT2D eigenvalue weighted by Gasteiger charge is 2.24. The number of nitrogens with one attached hydrogen (secondary N) is 2. The summed E-state index contributed by atoms with van der Waals surface area (Å²) < 4.78 is 27.5. The Kier molecular flexibility index (Phi) is 5.39. The van der Waals surface area contributed by atoms with Crippen LogP contribution in [-0.4, -0.2) is 30.9 Å². The van der Waals surface area contributed by atoms with Crippen molar-refractivity contribution in [2.75, 3.05) is 13.1 Å². The molecule has 0 saturated carbocycles. The zero-order valence-electron chi connectivity index (χ0n) is 14.1. The largest absolute Gasteiger partial charge is 0.366 e. The van der Waals surface area contributed by atoms with Gasteiger partial charge in [-0.05, 0) is 42.2 Å². The third-order valence-corrected chi connectivity index (χ3v) is 4.60. The van der Waals surface area contributed by atoms with Crippen LogP contribution >= 0.6 is 0 Å². The molecule has 1 heterocycles.